The molecule has 0 spiro atoms. The Morgan fingerprint density at radius 3 is 2.27 bits per heavy atom. The van der Waals surface area contributed by atoms with Crippen LogP contribution in [-0.4, -0.2) is 53.3 Å². The molecule has 0 bridgehead atoms. The van der Waals surface area contributed by atoms with E-state index in [4.69, 9.17) is 0 Å². The molecule has 40 heavy (non-hydrogen) atoms. The lowest BCUT2D eigenvalue weighted by Gasteiger charge is -2.35. The number of halogens is 2. The number of likely N-dealkylation sites (tertiary alicyclic amines) is 2. The van der Waals surface area contributed by atoms with Crippen LogP contribution in [0.25, 0.3) is 0 Å². The zero-order valence-corrected chi connectivity index (χ0v) is 23.4. The second kappa shape index (κ2) is 11.5. The van der Waals surface area contributed by atoms with Gasteiger partial charge in [-0.1, -0.05) is 36.4 Å². The van der Waals surface area contributed by atoms with Crippen LogP contribution < -0.4 is 5.32 Å². The van der Waals surface area contributed by atoms with Gasteiger partial charge >= 0.3 is 0 Å². The predicted molar refractivity (Wildman–Crippen MR) is 153 cm³/mol. The summed E-state index contributed by atoms with van der Waals surface area (Å²) in [4.78, 5) is 30.6. The zero-order valence-electron chi connectivity index (χ0n) is 23.4. The minimum Gasteiger partial charge on any atom is -0.342 e. The van der Waals surface area contributed by atoms with Gasteiger partial charge in [0.2, 0.25) is 5.91 Å². The fourth-order valence-corrected chi connectivity index (χ4v) is 6.05. The van der Waals surface area contributed by atoms with E-state index in [1.165, 1.54) is 12.1 Å². The fraction of sp³-hybridized carbons (Fsp3) is 0.394. The lowest BCUT2D eigenvalue weighted by atomic mass is 9.85. The van der Waals surface area contributed by atoms with Gasteiger partial charge in [-0.3, -0.25) is 14.5 Å². The van der Waals surface area contributed by atoms with Crippen molar-refractivity contribution in [3.05, 3.63) is 101 Å². The van der Waals surface area contributed by atoms with E-state index < -0.39 is 11.6 Å². The molecule has 1 N–H and O–H groups in total. The van der Waals surface area contributed by atoms with E-state index in [0.717, 1.165) is 30.2 Å². The summed E-state index contributed by atoms with van der Waals surface area (Å²) >= 11 is 0. The molecule has 5 nitrogen and oxygen atoms in total. The number of nitrogens with one attached hydrogen (secondary N) is 1. The summed E-state index contributed by atoms with van der Waals surface area (Å²) in [5.41, 5.74) is 2.75. The molecular formula is C33H37F2N3O2. The van der Waals surface area contributed by atoms with E-state index in [1.54, 1.807) is 12.1 Å². The summed E-state index contributed by atoms with van der Waals surface area (Å²) in [6.07, 6.45) is 1.63. The highest BCUT2D eigenvalue weighted by atomic mass is 19.1. The number of piperidine rings is 1. The average molecular weight is 546 g/mol. The first kappa shape index (κ1) is 28.0. The van der Waals surface area contributed by atoms with E-state index in [9.17, 15) is 18.4 Å². The first-order chi connectivity index (χ1) is 19.1. The van der Waals surface area contributed by atoms with E-state index in [-0.39, 0.29) is 35.1 Å². The number of carbonyl (C=O) groups is 2. The third-order valence-corrected chi connectivity index (χ3v) is 8.41. The number of benzene rings is 3. The van der Waals surface area contributed by atoms with Gasteiger partial charge in [-0.2, -0.15) is 0 Å². The monoisotopic (exact) mass is 545 g/mol. The third-order valence-electron chi connectivity index (χ3n) is 8.41. The van der Waals surface area contributed by atoms with Crippen LogP contribution >= 0.6 is 0 Å². The SMILES string of the molecule is CC(C)(C)N1CC(C(=O)N2CCC(c3cccc(NC(=O)c4ccccc4)c3)CC2)[C@H](c2ccc(F)cc2F)C1. The van der Waals surface area contributed by atoms with E-state index in [2.05, 4.69) is 37.1 Å². The number of amides is 2. The average Bonchev–Trinajstić information content (AvgIpc) is 3.39. The molecule has 2 aliphatic rings. The fourth-order valence-electron chi connectivity index (χ4n) is 6.05. The van der Waals surface area contributed by atoms with Crippen molar-refractivity contribution in [3.63, 3.8) is 0 Å². The van der Waals surface area contributed by atoms with Crippen LogP contribution in [0.5, 0.6) is 0 Å². The quantitative estimate of drug-likeness (QED) is 0.402. The van der Waals surface area contributed by atoms with Gasteiger partial charge in [0, 0.05) is 55.0 Å². The van der Waals surface area contributed by atoms with Crippen LogP contribution in [0.4, 0.5) is 14.5 Å². The van der Waals surface area contributed by atoms with Gasteiger partial charge in [0.25, 0.3) is 5.91 Å². The lowest BCUT2D eigenvalue weighted by Crippen LogP contribution is -2.44. The maximum atomic E-state index is 14.8. The van der Waals surface area contributed by atoms with Crippen molar-refractivity contribution in [1.29, 1.82) is 0 Å². The van der Waals surface area contributed by atoms with Gasteiger partial charge < -0.3 is 10.2 Å². The van der Waals surface area contributed by atoms with Crippen LogP contribution in [0, 0.1) is 17.6 Å². The molecule has 2 heterocycles. The predicted octanol–water partition coefficient (Wildman–Crippen LogP) is 6.44. The van der Waals surface area contributed by atoms with Crippen molar-refractivity contribution < 1.29 is 18.4 Å². The van der Waals surface area contributed by atoms with Crippen molar-refractivity contribution in [2.45, 2.75) is 51.0 Å². The molecule has 0 saturated carbocycles. The number of hydrogen-bond donors (Lipinski definition) is 1. The highest BCUT2D eigenvalue weighted by molar-refractivity contribution is 6.04. The summed E-state index contributed by atoms with van der Waals surface area (Å²) in [6.45, 7) is 8.64. The van der Waals surface area contributed by atoms with E-state index in [0.29, 0.717) is 37.3 Å². The summed E-state index contributed by atoms with van der Waals surface area (Å²) in [5.74, 6) is -1.73. The molecule has 2 saturated heterocycles. The maximum absolute atomic E-state index is 14.8. The summed E-state index contributed by atoms with van der Waals surface area (Å²) in [7, 11) is 0. The molecule has 2 fully saturated rings. The van der Waals surface area contributed by atoms with E-state index in [1.807, 2.05) is 41.3 Å². The van der Waals surface area contributed by atoms with Crippen LogP contribution in [0.15, 0.2) is 72.8 Å². The Labute approximate surface area is 235 Å². The standard InChI is InChI=1S/C33H37F2N3O2/c1-33(2,3)38-20-28(27-13-12-25(34)19-30(27)35)29(21-38)32(40)37-16-14-22(15-17-37)24-10-7-11-26(18-24)36-31(39)23-8-5-4-6-9-23/h4-13,18-19,22,28-29H,14-17,20-21H2,1-3H3,(H,36,39)/t28-,29?/m0/s1. The first-order valence-corrected chi connectivity index (χ1v) is 14.1. The Bertz CT molecular complexity index is 1360. The third kappa shape index (κ3) is 6.09. The minimum atomic E-state index is -0.611. The second-order valence-corrected chi connectivity index (χ2v) is 12.0. The van der Waals surface area contributed by atoms with Crippen molar-refractivity contribution in [3.8, 4) is 0 Å². The van der Waals surface area contributed by atoms with Gasteiger partial charge in [-0.05, 0) is 81.0 Å². The summed E-state index contributed by atoms with van der Waals surface area (Å²) in [5, 5.41) is 2.98. The van der Waals surface area contributed by atoms with E-state index >= 15 is 0 Å². The molecule has 0 radical (unpaired) electrons. The molecule has 0 aliphatic carbocycles. The van der Waals surface area contributed by atoms with Crippen molar-refractivity contribution >= 4 is 17.5 Å². The molecule has 210 valence electrons. The molecule has 1 unspecified atom stereocenters. The van der Waals surface area contributed by atoms with Crippen LogP contribution in [0.1, 0.15) is 66.9 Å². The van der Waals surface area contributed by atoms with Crippen LogP contribution in [-0.2, 0) is 4.79 Å². The second-order valence-electron chi connectivity index (χ2n) is 12.0. The maximum Gasteiger partial charge on any atom is 0.255 e. The largest absolute Gasteiger partial charge is 0.342 e. The Morgan fingerprint density at radius 2 is 1.60 bits per heavy atom. The van der Waals surface area contributed by atoms with Crippen LogP contribution in [0.3, 0.4) is 0 Å². The topological polar surface area (TPSA) is 52.7 Å². The lowest BCUT2D eigenvalue weighted by molar-refractivity contribution is -0.136. The molecule has 2 atom stereocenters. The molecule has 3 aromatic rings. The van der Waals surface area contributed by atoms with Crippen molar-refractivity contribution in [2.24, 2.45) is 5.92 Å². The Morgan fingerprint density at radius 1 is 0.875 bits per heavy atom. The Hall–Kier alpha value is -3.58. The van der Waals surface area contributed by atoms with Gasteiger partial charge in [-0.25, -0.2) is 8.78 Å². The zero-order chi connectivity index (χ0) is 28.4. The highest BCUT2D eigenvalue weighted by Crippen LogP contribution is 2.39. The normalized spacial score (nSPS) is 20.5. The molecule has 5 rings (SSSR count). The highest BCUT2D eigenvalue weighted by Gasteiger charge is 2.44. The molecular weight excluding hydrogens is 508 g/mol. The van der Waals surface area contributed by atoms with Gasteiger partial charge in [0.15, 0.2) is 0 Å². The summed E-state index contributed by atoms with van der Waals surface area (Å²) in [6, 6.07) is 20.8. The van der Waals surface area contributed by atoms with Crippen molar-refractivity contribution in [1.82, 2.24) is 9.80 Å². The Balaban J connectivity index is 1.26. The summed E-state index contributed by atoms with van der Waals surface area (Å²) < 4.78 is 28.5. The number of anilines is 1. The van der Waals surface area contributed by atoms with Gasteiger partial charge in [0.05, 0.1) is 5.92 Å². The van der Waals surface area contributed by atoms with Crippen molar-refractivity contribution in [2.75, 3.05) is 31.5 Å². The molecule has 2 aliphatic heterocycles. The number of nitrogens with zero attached hydrogens (tertiary/aromatic N) is 2. The Kier molecular flexibility index (Phi) is 8.04. The smallest absolute Gasteiger partial charge is 0.255 e. The molecule has 3 aromatic carbocycles. The number of carbonyl (C=O) groups excluding carboxylic acids is 2. The number of hydrogen-bond acceptors (Lipinski definition) is 3. The van der Waals surface area contributed by atoms with Gasteiger partial charge in [-0.15, -0.1) is 0 Å². The molecule has 7 heteroatoms. The minimum absolute atomic E-state index is 0.0443. The van der Waals surface area contributed by atoms with Gasteiger partial charge in [0.1, 0.15) is 11.6 Å². The first-order valence-electron chi connectivity index (χ1n) is 14.1. The number of rotatable bonds is 5. The van der Waals surface area contributed by atoms with Crippen LogP contribution in [0.2, 0.25) is 0 Å². The molecule has 2 amide bonds. The molecule has 0 aromatic heterocycles.